The summed E-state index contributed by atoms with van der Waals surface area (Å²) in [6, 6.07) is -1.96. The highest BCUT2D eigenvalue weighted by molar-refractivity contribution is 7.92. The Morgan fingerprint density at radius 2 is 1.81 bits per heavy atom. The minimum absolute atomic E-state index is 0.218. The topological polar surface area (TPSA) is 139 Å². The van der Waals surface area contributed by atoms with Crippen LogP contribution in [-0.2, 0) is 29.0 Å². The smallest absolute Gasteiger partial charge is 0.327 e. The third-order valence-corrected chi connectivity index (χ3v) is 3.81. The zero-order valence-electron chi connectivity index (χ0n) is 12.1. The summed E-state index contributed by atoms with van der Waals surface area (Å²) in [5.74, 6) is -4.62. The lowest BCUT2D eigenvalue weighted by Gasteiger charge is -2.15. The van der Waals surface area contributed by atoms with E-state index in [-0.39, 0.29) is 12.6 Å². The zero-order valence-corrected chi connectivity index (χ0v) is 12.9. The maximum absolute atomic E-state index is 11.8. The highest BCUT2D eigenvalue weighted by Gasteiger charge is 2.28. The number of carbonyl (C=O) groups excluding carboxylic acids is 2. The van der Waals surface area contributed by atoms with Gasteiger partial charge in [-0.1, -0.05) is 0 Å². The lowest BCUT2D eigenvalue weighted by atomic mass is 10.3. The van der Waals surface area contributed by atoms with Gasteiger partial charge >= 0.3 is 5.97 Å². The van der Waals surface area contributed by atoms with Gasteiger partial charge in [0.25, 0.3) is 0 Å². The summed E-state index contributed by atoms with van der Waals surface area (Å²) in [7, 11) is -2.54. The van der Waals surface area contributed by atoms with Crippen molar-refractivity contribution < 1.29 is 32.6 Å². The molecule has 0 rings (SSSR count). The van der Waals surface area contributed by atoms with Crippen LogP contribution < -0.4 is 10.6 Å². The molecule has 0 saturated carbocycles. The Balaban J connectivity index is 4.63. The number of carbonyl (C=O) groups is 3. The van der Waals surface area contributed by atoms with Crippen LogP contribution in [0.2, 0.25) is 0 Å². The Kier molecular flexibility index (Phi) is 7.89. The molecule has 0 spiro atoms. The van der Waals surface area contributed by atoms with Gasteiger partial charge in [0.1, 0.15) is 11.8 Å². The van der Waals surface area contributed by atoms with E-state index in [1.165, 1.54) is 7.11 Å². The first-order valence-electron chi connectivity index (χ1n) is 6.06. The highest BCUT2D eigenvalue weighted by Crippen LogP contribution is 1.97. The molecule has 0 aromatic heterocycles. The molecule has 0 aromatic rings. The Labute approximate surface area is 123 Å². The SMILES string of the molecule is COCC(C)NC(=O)CS(=O)(=O)C[C@H](NC(C)=O)C(=O)O. The molecule has 10 heteroatoms. The molecule has 0 aromatic carbocycles. The van der Waals surface area contributed by atoms with Gasteiger partial charge in [-0.05, 0) is 6.92 Å². The molecule has 122 valence electrons. The molecule has 0 bridgehead atoms. The monoisotopic (exact) mass is 324 g/mol. The number of hydrogen-bond donors (Lipinski definition) is 3. The van der Waals surface area contributed by atoms with Gasteiger partial charge in [-0.3, -0.25) is 9.59 Å². The lowest BCUT2D eigenvalue weighted by Crippen LogP contribution is -2.46. The van der Waals surface area contributed by atoms with E-state index in [1.54, 1.807) is 6.92 Å². The molecule has 0 heterocycles. The van der Waals surface area contributed by atoms with Crippen LogP contribution in [0.15, 0.2) is 0 Å². The summed E-state index contributed by atoms with van der Waals surface area (Å²) >= 11 is 0. The van der Waals surface area contributed by atoms with E-state index in [4.69, 9.17) is 9.84 Å². The van der Waals surface area contributed by atoms with Gasteiger partial charge in [0.2, 0.25) is 11.8 Å². The van der Waals surface area contributed by atoms with Crippen molar-refractivity contribution in [3.8, 4) is 0 Å². The van der Waals surface area contributed by atoms with E-state index in [0.29, 0.717) is 0 Å². The standard InChI is InChI=1S/C11H20N2O7S/c1-7(4-20-3)12-10(15)6-21(18,19)5-9(11(16)17)13-8(2)14/h7,9H,4-6H2,1-3H3,(H,12,15)(H,13,14)(H,16,17)/t7?,9-/m0/s1. The molecular formula is C11H20N2O7S. The minimum atomic E-state index is -3.98. The van der Waals surface area contributed by atoms with Crippen molar-refractivity contribution in [2.24, 2.45) is 0 Å². The van der Waals surface area contributed by atoms with Crippen molar-refractivity contribution in [2.75, 3.05) is 25.2 Å². The predicted molar refractivity (Wildman–Crippen MR) is 73.4 cm³/mol. The molecule has 0 aliphatic carbocycles. The molecule has 0 aliphatic rings. The van der Waals surface area contributed by atoms with Gasteiger partial charge in [0.15, 0.2) is 9.84 Å². The van der Waals surface area contributed by atoms with Crippen molar-refractivity contribution >= 4 is 27.6 Å². The van der Waals surface area contributed by atoms with Crippen LogP contribution in [0.25, 0.3) is 0 Å². The molecule has 0 aliphatic heterocycles. The molecule has 1 unspecified atom stereocenters. The molecule has 9 nitrogen and oxygen atoms in total. The van der Waals surface area contributed by atoms with E-state index in [1.807, 2.05) is 5.32 Å². The Morgan fingerprint density at radius 3 is 2.24 bits per heavy atom. The Hall–Kier alpha value is -1.68. The van der Waals surface area contributed by atoms with E-state index in [9.17, 15) is 22.8 Å². The number of nitrogens with one attached hydrogen (secondary N) is 2. The largest absolute Gasteiger partial charge is 0.480 e. The lowest BCUT2D eigenvalue weighted by molar-refractivity contribution is -0.140. The summed E-state index contributed by atoms with van der Waals surface area (Å²) in [5.41, 5.74) is 0. The number of ether oxygens (including phenoxy) is 1. The molecule has 0 saturated heterocycles. The van der Waals surface area contributed by atoms with Crippen molar-refractivity contribution in [3.63, 3.8) is 0 Å². The van der Waals surface area contributed by atoms with Gasteiger partial charge < -0.3 is 20.5 Å². The Bertz CT molecular complexity index is 489. The second-order valence-corrected chi connectivity index (χ2v) is 6.68. The van der Waals surface area contributed by atoms with Crippen LogP contribution in [-0.4, -0.2) is 68.6 Å². The number of aliphatic carboxylic acids is 1. The number of methoxy groups -OCH3 is 1. The van der Waals surface area contributed by atoms with Crippen LogP contribution in [0.4, 0.5) is 0 Å². The molecule has 0 fully saturated rings. The first-order chi connectivity index (χ1) is 9.57. The normalized spacial score (nSPS) is 14.0. The quantitative estimate of drug-likeness (QED) is 0.452. The first kappa shape index (κ1) is 19.3. The highest BCUT2D eigenvalue weighted by atomic mass is 32.2. The molecule has 3 N–H and O–H groups in total. The van der Waals surface area contributed by atoms with Crippen LogP contribution >= 0.6 is 0 Å². The van der Waals surface area contributed by atoms with Gasteiger partial charge in [0.05, 0.1) is 12.4 Å². The second-order valence-electron chi connectivity index (χ2n) is 4.57. The van der Waals surface area contributed by atoms with E-state index in [0.717, 1.165) is 6.92 Å². The third-order valence-electron chi connectivity index (χ3n) is 2.27. The predicted octanol–water partition coefficient (Wildman–Crippen LogP) is -1.86. The maximum Gasteiger partial charge on any atom is 0.327 e. The molecule has 2 amide bonds. The van der Waals surface area contributed by atoms with Crippen molar-refractivity contribution in [1.82, 2.24) is 10.6 Å². The molecule has 21 heavy (non-hydrogen) atoms. The van der Waals surface area contributed by atoms with Gasteiger partial charge in [-0.2, -0.15) is 0 Å². The number of carboxylic acids is 1. The summed E-state index contributed by atoms with van der Waals surface area (Å²) in [4.78, 5) is 33.2. The first-order valence-corrected chi connectivity index (χ1v) is 7.88. The zero-order chi connectivity index (χ0) is 16.6. The number of carboxylic acid groups (broad SMARTS) is 1. The average Bonchev–Trinajstić information content (AvgIpc) is 2.25. The number of rotatable bonds is 9. The van der Waals surface area contributed by atoms with Crippen LogP contribution in [0.5, 0.6) is 0 Å². The van der Waals surface area contributed by atoms with E-state index >= 15 is 0 Å². The van der Waals surface area contributed by atoms with Crippen molar-refractivity contribution in [1.29, 1.82) is 0 Å². The summed E-state index contributed by atoms with van der Waals surface area (Å²) in [6.45, 7) is 2.92. The maximum atomic E-state index is 11.8. The van der Waals surface area contributed by atoms with Crippen molar-refractivity contribution in [2.45, 2.75) is 25.9 Å². The summed E-state index contributed by atoms with van der Waals surface area (Å²) < 4.78 is 28.3. The summed E-state index contributed by atoms with van der Waals surface area (Å²) in [6.07, 6.45) is 0. The Morgan fingerprint density at radius 1 is 1.24 bits per heavy atom. The minimum Gasteiger partial charge on any atom is -0.480 e. The van der Waals surface area contributed by atoms with Gasteiger partial charge in [0, 0.05) is 20.1 Å². The summed E-state index contributed by atoms with van der Waals surface area (Å²) in [5, 5.41) is 13.2. The molecule has 2 atom stereocenters. The van der Waals surface area contributed by atoms with Crippen LogP contribution in [0.1, 0.15) is 13.8 Å². The third kappa shape index (κ3) is 8.97. The van der Waals surface area contributed by atoms with E-state index < -0.39 is 45.2 Å². The average molecular weight is 324 g/mol. The second kappa shape index (κ2) is 8.57. The van der Waals surface area contributed by atoms with Gasteiger partial charge in [-0.25, -0.2) is 13.2 Å². The van der Waals surface area contributed by atoms with Crippen LogP contribution in [0.3, 0.4) is 0 Å². The number of hydrogen-bond acceptors (Lipinski definition) is 6. The fraction of sp³-hybridized carbons (Fsp3) is 0.727. The van der Waals surface area contributed by atoms with Gasteiger partial charge in [-0.15, -0.1) is 0 Å². The number of sulfone groups is 1. The fourth-order valence-electron chi connectivity index (χ4n) is 1.54. The van der Waals surface area contributed by atoms with E-state index in [2.05, 4.69) is 5.32 Å². The molecule has 0 radical (unpaired) electrons. The molecular weight excluding hydrogens is 304 g/mol. The number of amides is 2. The fourth-order valence-corrected chi connectivity index (χ4v) is 2.88. The van der Waals surface area contributed by atoms with Crippen molar-refractivity contribution in [3.05, 3.63) is 0 Å². The van der Waals surface area contributed by atoms with Crippen LogP contribution in [0, 0.1) is 0 Å².